The van der Waals surface area contributed by atoms with E-state index in [0.29, 0.717) is 16.5 Å². The number of methoxy groups -OCH3 is 1. The van der Waals surface area contributed by atoms with Gasteiger partial charge in [-0.25, -0.2) is 9.22 Å². The highest BCUT2D eigenvalue weighted by molar-refractivity contribution is 7.84. The molecule has 0 spiro atoms. The second-order valence-electron chi connectivity index (χ2n) is 4.86. The van der Waals surface area contributed by atoms with Gasteiger partial charge in [0, 0.05) is 12.6 Å². The molecular formula is C16H15N3O3S. The van der Waals surface area contributed by atoms with Crippen molar-refractivity contribution >= 4 is 23.0 Å². The van der Waals surface area contributed by atoms with Crippen LogP contribution in [-0.4, -0.2) is 40.5 Å². The maximum absolute atomic E-state index is 12.0. The molecule has 1 N–H and O–H groups in total. The largest absolute Gasteiger partial charge is 0.504 e. The standard InChI is InChI=1S/C16H15N3O3S/c1-19(16-12-5-3-4-6-15(12)23(21)18-16)17-10-11-7-8-13(20)14(9-11)22-2/h3-10,20H,1-2H3/b17-10+. The zero-order valence-electron chi connectivity index (χ0n) is 12.6. The highest BCUT2D eigenvalue weighted by atomic mass is 32.2. The molecule has 1 heterocycles. The van der Waals surface area contributed by atoms with Crippen molar-refractivity contribution in [2.45, 2.75) is 4.90 Å². The van der Waals surface area contributed by atoms with Crippen LogP contribution in [0, 0.1) is 0 Å². The van der Waals surface area contributed by atoms with Crippen molar-refractivity contribution < 1.29 is 14.1 Å². The van der Waals surface area contributed by atoms with Crippen molar-refractivity contribution in [3.8, 4) is 11.5 Å². The molecule has 6 nitrogen and oxygen atoms in total. The fourth-order valence-corrected chi connectivity index (χ4v) is 3.21. The quantitative estimate of drug-likeness (QED) is 0.692. The smallest absolute Gasteiger partial charge is 0.175 e. The van der Waals surface area contributed by atoms with E-state index in [2.05, 4.69) is 9.50 Å². The first kappa shape index (κ1) is 15.2. The van der Waals surface area contributed by atoms with Crippen LogP contribution in [-0.2, 0) is 11.0 Å². The summed E-state index contributed by atoms with van der Waals surface area (Å²) >= 11 is 0. The highest BCUT2D eigenvalue weighted by Crippen LogP contribution is 2.26. The average molecular weight is 329 g/mol. The molecule has 0 saturated heterocycles. The Labute approximate surface area is 136 Å². The molecule has 0 aliphatic carbocycles. The fraction of sp³-hybridized carbons (Fsp3) is 0.125. The van der Waals surface area contributed by atoms with E-state index >= 15 is 0 Å². The number of hydrazone groups is 1. The lowest BCUT2D eigenvalue weighted by molar-refractivity contribution is 0.373. The molecular weight excluding hydrogens is 314 g/mol. The molecule has 0 fully saturated rings. The second-order valence-corrected chi connectivity index (χ2v) is 5.98. The van der Waals surface area contributed by atoms with E-state index in [1.807, 2.05) is 18.2 Å². The van der Waals surface area contributed by atoms with E-state index in [4.69, 9.17) is 4.74 Å². The number of nitrogens with zero attached hydrogens (tertiary/aromatic N) is 3. The van der Waals surface area contributed by atoms with Gasteiger partial charge in [-0.3, -0.25) is 0 Å². The van der Waals surface area contributed by atoms with Crippen LogP contribution < -0.4 is 4.74 Å². The molecule has 0 saturated carbocycles. The zero-order valence-corrected chi connectivity index (χ0v) is 13.4. The van der Waals surface area contributed by atoms with Gasteiger partial charge in [0.05, 0.1) is 18.2 Å². The SMILES string of the molecule is COc1cc(/C=N/N(C)C2=NS(=O)c3ccccc32)ccc1O. The van der Waals surface area contributed by atoms with Gasteiger partial charge < -0.3 is 9.84 Å². The average Bonchev–Trinajstić information content (AvgIpc) is 2.91. The number of aromatic hydroxyl groups is 1. The van der Waals surface area contributed by atoms with E-state index in [0.717, 1.165) is 11.1 Å². The molecule has 0 bridgehead atoms. The van der Waals surface area contributed by atoms with Crippen LogP contribution in [0.15, 0.2) is 56.9 Å². The molecule has 0 aromatic heterocycles. The van der Waals surface area contributed by atoms with Crippen molar-refractivity contribution in [3.63, 3.8) is 0 Å². The van der Waals surface area contributed by atoms with Gasteiger partial charge in [-0.05, 0) is 35.9 Å². The maximum Gasteiger partial charge on any atom is 0.175 e. The number of rotatable bonds is 3. The lowest BCUT2D eigenvalue weighted by Crippen LogP contribution is -2.21. The molecule has 7 heteroatoms. The number of fused-ring (bicyclic) bond motifs is 1. The third-order valence-electron chi connectivity index (χ3n) is 3.38. The minimum Gasteiger partial charge on any atom is -0.504 e. The van der Waals surface area contributed by atoms with Gasteiger partial charge in [0.25, 0.3) is 0 Å². The Morgan fingerprint density at radius 3 is 2.87 bits per heavy atom. The van der Waals surface area contributed by atoms with E-state index < -0.39 is 11.0 Å². The monoisotopic (exact) mass is 329 g/mol. The Hall–Kier alpha value is -2.67. The summed E-state index contributed by atoms with van der Waals surface area (Å²) < 4.78 is 21.2. The molecule has 1 aliphatic rings. The number of hydrogen-bond acceptors (Lipinski definition) is 5. The predicted molar refractivity (Wildman–Crippen MR) is 89.4 cm³/mol. The second kappa shape index (κ2) is 6.21. The number of ether oxygens (including phenoxy) is 1. The van der Waals surface area contributed by atoms with Gasteiger partial charge in [-0.15, -0.1) is 0 Å². The van der Waals surface area contributed by atoms with Crippen LogP contribution in [0.3, 0.4) is 0 Å². The van der Waals surface area contributed by atoms with Crippen molar-refractivity contribution in [1.29, 1.82) is 0 Å². The normalized spacial score (nSPS) is 16.3. The van der Waals surface area contributed by atoms with Crippen molar-refractivity contribution in [3.05, 3.63) is 53.6 Å². The third kappa shape index (κ3) is 2.95. The van der Waals surface area contributed by atoms with Gasteiger partial charge >= 0.3 is 0 Å². The first-order valence-corrected chi connectivity index (χ1v) is 7.95. The van der Waals surface area contributed by atoms with Crippen LogP contribution in [0.2, 0.25) is 0 Å². The first-order chi connectivity index (χ1) is 11.1. The van der Waals surface area contributed by atoms with Gasteiger partial charge in [0.1, 0.15) is 0 Å². The number of hydrogen-bond donors (Lipinski definition) is 1. The zero-order chi connectivity index (χ0) is 16.4. The summed E-state index contributed by atoms with van der Waals surface area (Å²) in [5.41, 5.74) is 1.58. The van der Waals surface area contributed by atoms with Crippen molar-refractivity contribution in [1.82, 2.24) is 5.01 Å². The van der Waals surface area contributed by atoms with Gasteiger partial charge in [-0.2, -0.15) is 9.50 Å². The molecule has 1 unspecified atom stereocenters. The minimum atomic E-state index is -1.39. The summed E-state index contributed by atoms with van der Waals surface area (Å²) in [7, 11) is 1.84. The lowest BCUT2D eigenvalue weighted by Gasteiger charge is -2.12. The molecule has 118 valence electrons. The Bertz CT molecular complexity index is 833. The summed E-state index contributed by atoms with van der Waals surface area (Å²) in [4.78, 5) is 0.691. The first-order valence-electron chi connectivity index (χ1n) is 6.85. The van der Waals surface area contributed by atoms with Crippen LogP contribution in [0.1, 0.15) is 11.1 Å². The summed E-state index contributed by atoms with van der Waals surface area (Å²) in [5, 5.41) is 15.5. The van der Waals surface area contributed by atoms with Gasteiger partial charge in [0.15, 0.2) is 28.3 Å². The summed E-state index contributed by atoms with van der Waals surface area (Å²) in [6, 6.07) is 12.3. The number of benzene rings is 2. The Kier molecular flexibility index (Phi) is 4.12. The maximum atomic E-state index is 12.0. The van der Waals surface area contributed by atoms with Crippen LogP contribution in [0.4, 0.5) is 0 Å². The Morgan fingerprint density at radius 2 is 2.09 bits per heavy atom. The lowest BCUT2D eigenvalue weighted by atomic mass is 10.2. The number of phenolic OH excluding ortho intramolecular Hbond substituents is 1. The summed E-state index contributed by atoms with van der Waals surface area (Å²) in [6.07, 6.45) is 1.62. The van der Waals surface area contributed by atoms with Crippen LogP contribution >= 0.6 is 0 Å². The fourth-order valence-electron chi connectivity index (χ4n) is 2.20. The highest BCUT2D eigenvalue weighted by Gasteiger charge is 2.24. The van der Waals surface area contributed by atoms with E-state index in [-0.39, 0.29) is 5.75 Å². The van der Waals surface area contributed by atoms with Gasteiger partial charge in [-0.1, -0.05) is 12.1 Å². The van der Waals surface area contributed by atoms with E-state index in [9.17, 15) is 9.32 Å². The molecule has 2 aromatic rings. The predicted octanol–water partition coefficient (Wildman–Crippen LogP) is 2.15. The summed E-state index contributed by atoms with van der Waals surface area (Å²) in [5.74, 6) is 1.00. The Balaban J connectivity index is 1.84. The molecule has 3 rings (SSSR count). The minimum absolute atomic E-state index is 0.0718. The third-order valence-corrected chi connectivity index (χ3v) is 4.45. The van der Waals surface area contributed by atoms with Crippen molar-refractivity contribution in [2.75, 3.05) is 14.2 Å². The Morgan fingerprint density at radius 1 is 1.30 bits per heavy atom. The molecule has 0 amide bonds. The number of amidine groups is 1. The van der Waals surface area contributed by atoms with E-state index in [1.165, 1.54) is 13.2 Å². The molecule has 1 aliphatic heterocycles. The molecule has 1 atom stereocenters. The van der Waals surface area contributed by atoms with Gasteiger partial charge in [0.2, 0.25) is 0 Å². The van der Waals surface area contributed by atoms with Crippen LogP contribution in [0.25, 0.3) is 0 Å². The van der Waals surface area contributed by atoms with E-state index in [1.54, 1.807) is 36.5 Å². The molecule has 23 heavy (non-hydrogen) atoms. The van der Waals surface area contributed by atoms with Crippen LogP contribution in [0.5, 0.6) is 11.5 Å². The van der Waals surface area contributed by atoms with Crippen molar-refractivity contribution in [2.24, 2.45) is 9.50 Å². The topological polar surface area (TPSA) is 74.5 Å². The summed E-state index contributed by atoms with van der Waals surface area (Å²) in [6.45, 7) is 0. The molecule has 0 radical (unpaired) electrons. The number of phenols is 1. The molecule has 2 aromatic carbocycles.